The molecule has 7 heteroatoms. The van der Waals surface area contributed by atoms with Gasteiger partial charge in [-0.05, 0) is 76.3 Å². The van der Waals surface area contributed by atoms with Crippen LogP contribution in [0.25, 0.3) is 11.4 Å². The highest BCUT2D eigenvalue weighted by atomic mass is 16.5. The van der Waals surface area contributed by atoms with Crippen molar-refractivity contribution in [1.29, 1.82) is 0 Å². The highest BCUT2D eigenvalue weighted by molar-refractivity contribution is 5.99. The van der Waals surface area contributed by atoms with E-state index in [0.717, 1.165) is 56.9 Å². The summed E-state index contributed by atoms with van der Waals surface area (Å²) in [4.78, 5) is 35.4. The van der Waals surface area contributed by atoms with Gasteiger partial charge in [0.2, 0.25) is 0 Å². The monoisotopic (exact) mass is 631 g/mol. The molecule has 3 aromatic carbocycles. The van der Waals surface area contributed by atoms with Gasteiger partial charge in [-0.2, -0.15) is 0 Å². The maximum Gasteiger partial charge on any atom is 0.336 e. The molecule has 0 radical (unpaired) electrons. The quantitative estimate of drug-likeness (QED) is 0.0956. The number of unbranched alkanes of at least 4 members (excludes halogenated alkanes) is 4. The number of ether oxygens (including phenoxy) is 2. The number of benzene rings is 3. The van der Waals surface area contributed by atoms with Crippen LogP contribution in [0.2, 0.25) is 0 Å². The molecule has 0 bridgehead atoms. The number of carbonyl (C=O) groups excluding carboxylic acids is 2. The second kappa shape index (κ2) is 17.1. The molecule has 0 saturated heterocycles. The van der Waals surface area contributed by atoms with Crippen molar-refractivity contribution in [1.82, 2.24) is 15.3 Å². The van der Waals surface area contributed by atoms with E-state index in [9.17, 15) is 9.59 Å². The van der Waals surface area contributed by atoms with Gasteiger partial charge in [0, 0.05) is 28.8 Å². The van der Waals surface area contributed by atoms with E-state index < -0.39 is 17.9 Å². The van der Waals surface area contributed by atoms with Crippen molar-refractivity contribution in [2.45, 2.75) is 71.1 Å². The van der Waals surface area contributed by atoms with Crippen molar-refractivity contribution in [2.24, 2.45) is 0 Å². The van der Waals surface area contributed by atoms with E-state index >= 15 is 0 Å². The van der Waals surface area contributed by atoms with Gasteiger partial charge in [0.25, 0.3) is 0 Å². The molecule has 2 heterocycles. The number of esters is 2. The van der Waals surface area contributed by atoms with Crippen LogP contribution < -0.4 is 5.32 Å². The topological polar surface area (TPSA) is 93.3 Å². The van der Waals surface area contributed by atoms with Gasteiger partial charge >= 0.3 is 11.9 Å². The van der Waals surface area contributed by atoms with Crippen molar-refractivity contribution in [3.05, 3.63) is 137 Å². The van der Waals surface area contributed by atoms with Crippen LogP contribution in [0.4, 0.5) is 0 Å². The molecule has 0 aliphatic carbocycles. The maximum absolute atomic E-state index is 13.7. The first-order valence-corrected chi connectivity index (χ1v) is 16.7. The molecule has 0 spiro atoms. The van der Waals surface area contributed by atoms with Crippen molar-refractivity contribution >= 4 is 11.9 Å². The molecular formula is C40H45N3O4. The van der Waals surface area contributed by atoms with Crippen LogP contribution in [-0.2, 0) is 31.9 Å². The summed E-state index contributed by atoms with van der Waals surface area (Å²) in [6.45, 7) is 4.30. The van der Waals surface area contributed by atoms with Crippen molar-refractivity contribution in [3.63, 3.8) is 0 Å². The minimum absolute atomic E-state index is 0.306. The lowest BCUT2D eigenvalue weighted by Gasteiger charge is -2.29. The third-order valence-corrected chi connectivity index (χ3v) is 8.53. The average Bonchev–Trinajstić information content (AvgIpc) is 3.59. The summed E-state index contributed by atoms with van der Waals surface area (Å²) in [5, 5.41) is 3.26. The molecule has 244 valence electrons. The Labute approximate surface area is 278 Å². The van der Waals surface area contributed by atoms with Crippen LogP contribution in [0.15, 0.2) is 120 Å². The predicted molar refractivity (Wildman–Crippen MR) is 185 cm³/mol. The van der Waals surface area contributed by atoms with Gasteiger partial charge in [0.05, 0.1) is 30.3 Å². The van der Waals surface area contributed by atoms with E-state index in [4.69, 9.17) is 9.47 Å². The van der Waals surface area contributed by atoms with Gasteiger partial charge in [-0.3, -0.25) is 0 Å². The number of aromatic amines is 1. The lowest BCUT2D eigenvalue weighted by Crippen LogP contribution is -2.33. The predicted octanol–water partition coefficient (Wildman–Crippen LogP) is 8.22. The first kappa shape index (κ1) is 33.5. The fourth-order valence-corrected chi connectivity index (χ4v) is 6.06. The molecule has 0 saturated carbocycles. The molecule has 1 aliphatic rings. The van der Waals surface area contributed by atoms with E-state index in [-0.39, 0.29) is 0 Å². The number of aryl methyl sites for hydroxylation is 2. The fraction of sp³-hybridized carbons (Fsp3) is 0.325. The summed E-state index contributed by atoms with van der Waals surface area (Å²) in [5.41, 5.74) is 6.23. The minimum atomic E-state index is -0.711. The van der Waals surface area contributed by atoms with E-state index in [1.807, 2.05) is 56.3 Å². The number of carbonyl (C=O) groups is 2. The Bertz CT molecular complexity index is 1570. The molecule has 7 nitrogen and oxygen atoms in total. The SMILES string of the molecule is CC1=C(C(=O)OCCCCCc2ccccc2)C(c2cnc(-c3ccccc3)[nH]2)C(C(=O)OCCCCCc2ccccc2)=C(C)N1. The smallest absolute Gasteiger partial charge is 0.336 e. The van der Waals surface area contributed by atoms with Gasteiger partial charge < -0.3 is 19.8 Å². The number of dihydropyridines is 1. The zero-order chi connectivity index (χ0) is 32.8. The van der Waals surface area contributed by atoms with Crippen molar-refractivity contribution in [3.8, 4) is 11.4 Å². The number of hydrogen-bond acceptors (Lipinski definition) is 6. The number of aromatic nitrogens is 2. The maximum atomic E-state index is 13.7. The Kier molecular flexibility index (Phi) is 12.2. The first-order chi connectivity index (χ1) is 23.0. The number of H-pyrrole nitrogens is 1. The van der Waals surface area contributed by atoms with E-state index in [0.29, 0.717) is 47.3 Å². The van der Waals surface area contributed by atoms with Gasteiger partial charge in [-0.15, -0.1) is 0 Å². The lowest BCUT2D eigenvalue weighted by molar-refractivity contribution is -0.140. The Morgan fingerprint density at radius 1 is 0.638 bits per heavy atom. The zero-order valence-electron chi connectivity index (χ0n) is 27.5. The average molecular weight is 632 g/mol. The number of nitrogens with zero attached hydrogens (tertiary/aromatic N) is 1. The zero-order valence-corrected chi connectivity index (χ0v) is 27.5. The molecular weight excluding hydrogens is 586 g/mol. The third-order valence-electron chi connectivity index (χ3n) is 8.53. The Hall–Kier alpha value is -4.91. The molecule has 0 amide bonds. The number of hydrogen-bond donors (Lipinski definition) is 2. The highest BCUT2D eigenvalue weighted by Gasteiger charge is 2.39. The molecule has 2 N–H and O–H groups in total. The van der Waals surface area contributed by atoms with E-state index in [1.54, 1.807) is 6.20 Å². The molecule has 0 fully saturated rings. The highest BCUT2D eigenvalue weighted by Crippen LogP contribution is 2.39. The van der Waals surface area contributed by atoms with Crippen LogP contribution in [-0.4, -0.2) is 35.1 Å². The Balaban J connectivity index is 1.25. The normalized spacial score (nSPS) is 13.4. The fourth-order valence-electron chi connectivity index (χ4n) is 6.06. The Morgan fingerprint density at radius 2 is 1.11 bits per heavy atom. The molecule has 1 aliphatic heterocycles. The lowest BCUT2D eigenvalue weighted by atomic mass is 9.83. The van der Waals surface area contributed by atoms with Crippen LogP contribution in [0.5, 0.6) is 0 Å². The van der Waals surface area contributed by atoms with Crippen molar-refractivity contribution in [2.75, 3.05) is 13.2 Å². The van der Waals surface area contributed by atoms with Gasteiger partial charge in [0.1, 0.15) is 5.82 Å². The van der Waals surface area contributed by atoms with Crippen LogP contribution >= 0.6 is 0 Å². The number of rotatable bonds is 16. The largest absolute Gasteiger partial charge is 0.462 e. The van der Waals surface area contributed by atoms with Crippen LogP contribution in [0.3, 0.4) is 0 Å². The summed E-state index contributed by atoms with van der Waals surface area (Å²) in [7, 11) is 0. The molecule has 0 unspecified atom stereocenters. The molecule has 0 atom stereocenters. The van der Waals surface area contributed by atoms with Crippen LogP contribution in [0, 0.1) is 0 Å². The summed E-state index contributed by atoms with van der Waals surface area (Å²) in [5.74, 6) is -0.945. The molecule has 4 aromatic rings. The summed E-state index contributed by atoms with van der Waals surface area (Å²) >= 11 is 0. The standard InChI is InChI=1S/C40H45N3O4/c1-29-35(39(44)46-26-16-6-12-22-31-18-8-3-9-19-31)37(34-28-41-38(43-34)33-24-14-5-15-25-33)36(30(2)42-29)40(45)47-27-17-7-13-23-32-20-10-4-11-21-32/h3-5,8-11,14-15,18-21,24-25,28,37,42H,6-7,12-13,16-17,22-23,26-27H2,1-2H3,(H,41,43). The van der Waals surface area contributed by atoms with Gasteiger partial charge in [0.15, 0.2) is 0 Å². The molecule has 1 aromatic heterocycles. The minimum Gasteiger partial charge on any atom is -0.462 e. The van der Waals surface area contributed by atoms with Crippen LogP contribution in [0.1, 0.15) is 75.1 Å². The van der Waals surface area contributed by atoms with Gasteiger partial charge in [-0.25, -0.2) is 14.6 Å². The van der Waals surface area contributed by atoms with Gasteiger partial charge in [-0.1, -0.05) is 91.0 Å². The number of imidazole rings is 1. The first-order valence-electron chi connectivity index (χ1n) is 16.7. The summed E-state index contributed by atoms with van der Waals surface area (Å²) < 4.78 is 11.7. The van der Waals surface area contributed by atoms with E-state index in [2.05, 4.69) is 63.8 Å². The van der Waals surface area contributed by atoms with E-state index in [1.165, 1.54) is 11.1 Å². The number of nitrogens with one attached hydrogen (secondary N) is 2. The van der Waals surface area contributed by atoms with Crippen molar-refractivity contribution < 1.29 is 19.1 Å². The summed E-state index contributed by atoms with van der Waals surface area (Å²) in [6, 6.07) is 30.6. The summed E-state index contributed by atoms with van der Waals surface area (Å²) in [6.07, 6.45) is 9.16. The third kappa shape index (κ3) is 9.32. The second-order valence-electron chi connectivity index (χ2n) is 12.1. The number of allylic oxidation sites excluding steroid dienone is 2. The molecule has 5 rings (SSSR count). The second-order valence-corrected chi connectivity index (χ2v) is 12.1. The molecule has 47 heavy (non-hydrogen) atoms. The Morgan fingerprint density at radius 3 is 1.60 bits per heavy atom.